The van der Waals surface area contributed by atoms with Crippen molar-refractivity contribution in [1.82, 2.24) is 15.5 Å². The molecule has 0 unspecified atom stereocenters. The molecule has 5 nitrogen and oxygen atoms in total. The van der Waals surface area contributed by atoms with E-state index in [-0.39, 0.29) is 12.6 Å². The molecule has 18 heavy (non-hydrogen) atoms. The fourth-order valence-corrected chi connectivity index (χ4v) is 2.01. The van der Waals surface area contributed by atoms with Gasteiger partial charge in [-0.3, -0.25) is 0 Å². The first-order chi connectivity index (χ1) is 8.79. The Balaban J connectivity index is 1.70. The number of hydrogen-bond acceptors (Lipinski definition) is 3. The Hall–Kier alpha value is -1.59. The molecule has 1 aliphatic rings. The van der Waals surface area contributed by atoms with Gasteiger partial charge in [0, 0.05) is 32.7 Å². The van der Waals surface area contributed by atoms with Crippen LogP contribution in [0.2, 0.25) is 0 Å². The molecule has 2 rings (SSSR count). The minimum Gasteiger partial charge on any atom is -0.392 e. The Bertz CT molecular complexity index is 409. The summed E-state index contributed by atoms with van der Waals surface area (Å²) in [4.78, 5) is 13.1. The van der Waals surface area contributed by atoms with Gasteiger partial charge in [-0.15, -0.1) is 0 Å². The Labute approximate surface area is 107 Å². The van der Waals surface area contributed by atoms with E-state index in [2.05, 4.69) is 10.6 Å². The van der Waals surface area contributed by atoms with Gasteiger partial charge in [0.05, 0.1) is 6.61 Å². The molecule has 0 saturated carbocycles. The number of aliphatic hydroxyl groups is 1. The number of carbonyl (C=O) groups is 1. The van der Waals surface area contributed by atoms with Gasteiger partial charge in [0.15, 0.2) is 0 Å². The first-order valence-electron chi connectivity index (χ1n) is 6.22. The molecule has 2 amide bonds. The van der Waals surface area contributed by atoms with E-state index in [1.54, 1.807) is 4.90 Å². The smallest absolute Gasteiger partial charge is 0.317 e. The summed E-state index contributed by atoms with van der Waals surface area (Å²) >= 11 is 0. The average molecular weight is 249 g/mol. The number of urea groups is 1. The van der Waals surface area contributed by atoms with E-state index in [4.69, 9.17) is 5.11 Å². The van der Waals surface area contributed by atoms with E-state index in [1.807, 2.05) is 24.3 Å². The normalized spacial score (nSPS) is 14.9. The van der Waals surface area contributed by atoms with Crippen LogP contribution in [0.25, 0.3) is 0 Å². The number of hydrogen-bond donors (Lipinski definition) is 3. The number of rotatable bonds is 6. The Morgan fingerprint density at radius 1 is 1.39 bits per heavy atom. The standard InChI is InChI=1S/C13H19N3O2/c17-10-12-3-1-2-11(8-12)9-14-4-6-16-7-5-15-13(16)18/h1-3,8,14,17H,4-7,9-10H2,(H,15,18). The van der Waals surface area contributed by atoms with Crippen molar-refractivity contribution in [2.45, 2.75) is 13.2 Å². The van der Waals surface area contributed by atoms with Gasteiger partial charge in [-0.05, 0) is 11.1 Å². The molecule has 1 aromatic carbocycles. The summed E-state index contributed by atoms with van der Waals surface area (Å²) in [7, 11) is 0. The molecule has 98 valence electrons. The summed E-state index contributed by atoms with van der Waals surface area (Å²) in [5.41, 5.74) is 2.07. The maximum Gasteiger partial charge on any atom is 0.317 e. The van der Waals surface area contributed by atoms with Gasteiger partial charge in [0.1, 0.15) is 0 Å². The second kappa shape index (κ2) is 6.37. The van der Waals surface area contributed by atoms with E-state index in [0.29, 0.717) is 0 Å². The van der Waals surface area contributed by atoms with Crippen LogP contribution in [-0.2, 0) is 13.2 Å². The van der Waals surface area contributed by atoms with Crippen LogP contribution in [0.5, 0.6) is 0 Å². The number of amides is 2. The highest BCUT2D eigenvalue weighted by Crippen LogP contribution is 2.04. The third-order valence-electron chi connectivity index (χ3n) is 3.01. The predicted octanol–water partition coefficient (Wildman–Crippen LogP) is 0.294. The molecule has 1 heterocycles. The van der Waals surface area contributed by atoms with Gasteiger partial charge in [0.2, 0.25) is 0 Å². The van der Waals surface area contributed by atoms with Gasteiger partial charge in [-0.25, -0.2) is 4.79 Å². The van der Waals surface area contributed by atoms with Crippen LogP contribution in [0.1, 0.15) is 11.1 Å². The van der Waals surface area contributed by atoms with Crippen LogP contribution >= 0.6 is 0 Å². The molecular formula is C13H19N3O2. The summed E-state index contributed by atoms with van der Waals surface area (Å²) in [6, 6.07) is 7.87. The molecule has 1 aliphatic heterocycles. The highest BCUT2D eigenvalue weighted by molar-refractivity contribution is 5.76. The van der Waals surface area contributed by atoms with Gasteiger partial charge < -0.3 is 20.6 Å². The quantitative estimate of drug-likeness (QED) is 0.635. The molecule has 1 fully saturated rings. The molecule has 0 bridgehead atoms. The molecule has 1 saturated heterocycles. The third kappa shape index (κ3) is 3.45. The van der Waals surface area contributed by atoms with Crippen LogP contribution in [0.15, 0.2) is 24.3 Å². The Morgan fingerprint density at radius 2 is 2.22 bits per heavy atom. The van der Waals surface area contributed by atoms with Gasteiger partial charge in [-0.1, -0.05) is 24.3 Å². The summed E-state index contributed by atoms with van der Waals surface area (Å²) in [6.45, 7) is 3.87. The maximum atomic E-state index is 11.3. The minimum absolute atomic E-state index is 0.0269. The third-order valence-corrected chi connectivity index (χ3v) is 3.01. The molecule has 3 N–H and O–H groups in total. The largest absolute Gasteiger partial charge is 0.392 e. The highest BCUT2D eigenvalue weighted by atomic mass is 16.3. The second-order valence-corrected chi connectivity index (χ2v) is 4.37. The highest BCUT2D eigenvalue weighted by Gasteiger charge is 2.17. The van der Waals surface area contributed by atoms with Crippen molar-refractivity contribution in [2.75, 3.05) is 26.2 Å². The average Bonchev–Trinajstić information content (AvgIpc) is 2.81. The lowest BCUT2D eigenvalue weighted by Crippen LogP contribution is -2.34. The van der Waals surface area contributed by atoms with E-state index < -0.39 is 0 Å². The lowest BCUT2D eigenvalue weighted by Gasteiger charge is -2.14. The van der Waals surface area contributed by atoms with Crippen LogP contribution in [0, 0.1) is 0 Å². The zero-order chi connectivity index (χ0) is 12.8. The Morgan fingerprint density at radius 3 is 2.94 bits per heavy atom. The minimum atomic E-state index is 0.0269. The van der Waals surface area contributed by atoms with Crippen LogP contribution in [0.3, 0.4) is 0 Å². The number of benzene rings is 1. The van der Waals surface area contributed by atoms with Crippen molar-refractivity contribution >= 4 is 6.03 Å². The number of aliphatic hydroxyl groups excluding tert-OH is 1. The SMILES string of the molecule is O=C1NCCN1CCNCc1cccc(CO)c1. The van der Waals surface area contributed by atoms with Crippen LogP contribution < -0.4 is 10.6 Å². The number of nitrogens with one attached hydrogen (secondary N) is 2. The summed E-state index contributed by atoms with van der Waals surface area (Å²) in [5, 5.41) is 15.1. The van der Waals surface area contributed by atoms with E-state index >= 15 is 0 Å². The molecule has 0 spiro atoms. The van der Waals surface area contributed by atoms with Crippen LogP contribution in [0.4, 0.5) is 4.79 Å². The molecule has 1 aromatic rings. The molecule has 5 heteroatoms. The van der Waals surface area contributed by atoms with E-state index in [9.17, 15) is 4.79 Å². The van der Waals surface area contributed by atoms with E-state index in [1.165, 1.54) is 0 Å². The molecule has 0 aliphatic carbocycles. The molecule has 0 aromatic heterocycles. The first kappa shape index (κ1) is 12.9. The fraction of sp³-hybridized carbons (Fsp3) is 0.462. The zero-order valence-electron chi connectivity index (χ0n) is 10.4. The van der Waals surface area contributed by atoms with Gasteiger partial charge in [0.25, 0.3) is 0 Å². The monoisotopic (exact) mass is 249 g/mol. The maximum absolute atomic E-state index is 11.3. The van der Waals surface area contributed by atoms with Crippen molar-refractivity contribution in [3.8, 4) is 0 Å². The van der Waals surface area contributed by atoms with Crippen molar-refractivity contribution in [2.24, 2.45) is 0 Å². The lowest BCUT2D eigenvalue weighted by atomic mass is 10.1. The molecular weight excluding hydrogens is 230 g/mol. The topological polar surface area (TPSA) is 64.6 Å². The predicted molar refractivity (Wildman–Crippen MR) is 69.0 cm³/mol. The van der Waals surface area contributed by atoms with Gasteiger partial charge in [-0.2, -0.15) is 0 Å². The van der Waals surface area contributed by atoms with Crippen molar-refractivity contribution < 1.29 is 9.90 Å². The van der Waals surface area contributed by atoms with Crippen molar-refractivity contribution in [1.29, 1.82) is 0 Å². The van der Waals surface area contributed by atoms with Crippen LogP contribution in [-0.4, -0.2) is 42.2 Å². The van der Waals surface area contributed by atoms with Crippen molar-refractivity contribution in [3.05, 3.63) is 35.4 Å². The van der Waals surface area contributed by atoms with Crippen molar-refractivity contribution in [3.63, 3.8) is 0 Å². The number of nitrogens with zero attached hydrogens (tertiary/aromatic N) is 1. The van der Waals surface area contributed by atoms with Gasteiger partial charge >= 0.3 is 6.03 Å². The molecule has 0 atom stereocenters. The van der Waals surface area contributed by atoms with E-state index in [0.717, 1.165) is 43.9 Å². The molecule has 0 radical (unpaired) electrons. The summed E-state index contributed by atoms with van der Waals surface area (Å²) in [6.07, 6.45) is 0. The Kier molecular flexibility index (Phi) is 4.55. The zero-order valence-corrected chi connectivity index (χ0v) is 10.4. The second-order valence-electron chi connectivity index (χ2n) is 4.37. The summed E-state index contributed by atoms with van der Waals surface area (Å²) in [5.74, 6) is 0. The fourth-order valence-electron chi connectivity index (χ4n) is 2.01. The number of carbonyl (C=O) groups excluding carboxylic acids is 1. The lowest BCUT2D eigenvalue weighted by molar-refractivity contribution is 0.217. The first-order valence-corrected chi connectivity index (χ1v) is 6.22. The summed E-state index contributed by atoms with van der Waals surface area (Å²) < 4.78 is 0.